The summed E-state index contributed by atoms with van der Waals surface area (Å²) in [6, 6.07) is 5.57. The van der Waals surface area contributed by atoms with Gasteiger partial charge >= 0.3 is 0 Å². The van der Waals surface area contributed by atoms with Gasteiger partial charge in [0.25, 0.3) is 0 Å². The first-order chi connectivity index (χ1) is 8.71. The minimum Gasteiger partial charge on any atom is -0.497 e. The predicted molar refractivity (Wildman–Crippen MR) is 71.2 cm³/mol. The van der Waals surface area contributed by atoms with Crippen molar-refractivity contribution in [3.05, 3.63) is 23.8 Å². The van der Waals surface area contributed by atoms with Gasteiger partial charge in [0.05, 0.1) is 20.8 Å². The smallest absolute Gasteiger partial charge is 0.125 e. The second-order valence-electron chi connectivity index (χ2n) is 4.07. The van der Waals surface area contributed by atoms with Crippen LogP contribution in [0.2, 0.25) is 0 Å². The third-order valence-electron chi connectivity index (χ3n) is 2.71. The lowest BCUT2D eigenvalue weighted by molar-refractivity contribution is 0.262. The minimum atomic E-state index is -0.206. The molecule has 1 unspecified atom stereocenters. The van der Waals surface area contributed by atoms with Crippen molar-refractivity contribution >= 4 is 0 Å². The average Bonchev–Trinajstić information content (AvgIpc) is 2.43. The minimum absolute atomic E-state index is 0.00113. The molecule has 0 saturated heterocycles. The summed E-state index contributed by atoms with van der Waals surface area (Å²) in [7, 11) is 3.28. The van der Waals surface area contributed by atoms with Gasteiger partial charge in [0.15, 0.2) is 0 Å². The van der Waals surface area contributed by atoms with Crippen LogP contribution in [0.15, 0.2) is 18.2 Å². The Labute approximate surface area is 108 Å². The van der Waals surface area contributed by atoms with E-state index in [1.54, 1.807) is 14.2 Å². The van der Waals surface area contributed by atoms with Crippen LogP contribution >= 0.6 is 0 Å². The summed E-state index contributed by atoms with van der Waals surface area (Å²) in [6.45, 7) is 1.39. The summed E-state index contributed by atoms with van der Waals surface area (Å²) in [5, 5.41) is 12.0. The molecule has 5 heteroatoms. The molecule has 1 aromatic rings. The van der Waals surface area contributed by atoms with Gasteiger partial charge in [-0.3, -0.25) is 0 Å². The van der Waals surface area contributed by atoms with Crippen LogP contribution in [0.4, 0.5) is 0 Å². The number of nitrogens with one attached hydrogen (secondary N) is 1. The normalized spacial score (nSPS) is 12.2. The Bertz CT molecular complexity index is 358. The van der Waals surface area contributed by atoms with E-state index in [0.29, 0.717) is 6.54 Å². The van der Waals surface area contributed by atoms with Gasteiger partial charge < -0.3 is 25.6 Å². The highest BCUT2D eigenvalue weighted by Crippen LogP contribution is 2.24. The van der Waals surface area contributed by atoms with Crippen LogP contribution in [0.3, 0.4) is 0 Å². The van der Waals surface area contributed by atoms with Gasteiger partial charge in [0.2, 0.25) is 0 Å². The van der Waals surface area contributed by atoms with Crippen molar-refractivity contribution in [2.75, 3.05) is 33.9 Å². The van der Waals surface area contributed by atoms with E-state index in [0.717, 1.165) is 30.0 Å². The maximum absolute atomic E-state index is 8.79. The molecule has 0 fully saturated rings. The van der Waals surface area contributed by atoms with Crippen LogP contribution in [0.5, 0.6) is 11.5 Å². The van der Waals surface area contributed by atoms with Crippen molar-refractivity contribution in [3.63, 3.8) is 0 Å². The summed E-state index contributed by atoms with van der Waals surface area (Å²) < 4.78 is 10.5. The molecule has 0 heterocycles. The van der Waals surface area contributed by atoms with Gasteiger partial charge in [0, 0.05) is 18.7 Å². The topological polar surface area (TPSA) is 76.7 Å². The fraction of sp³-hybridized carbons (Fsp3) is 0.538. The van der Waals surface area contributed by atoms with Crippen molar-refractivity contribution < 1.29 is 14.6 Å². The number of rotatable bonds is 8. The van der Waals surface area contributed by atoms with E-state index >= 15 is 0 Å². The zero-order valence-electron chi connectivity index (χ0n) is 11.0. The van der Waals surface area contributed by atoms with Gasteiger partial charge in [-0.2, -0.15) is 0 Å². The zero-order valence-corrected chi connectivity index (χ0v) is 11.0. The van der Waals surface area contributed by atoms with Crippen molar-refractivity contribution in [1.82, 2.24) is 5.32 Å². The van der Waals surface area contributed by atoms with E-state index in [1.807, 2.05) is 18.2 Å². The molecule has 0 spiro atoms. The summed E-state index contributed by atoms with van der Waals surface area (Å²) in [4.78, 5) is 0. The summed E-state index contributed by atoms with van der Waals surface area (Å²) in [5.41, 5.74) is 6.71. The molecule has 0 amide bonds. The number of aliphatic hydroxyl groups excluding tert-OH is 1. The Kier molecular flexibility index (Phi) is 6.49. The number of nitrogens with two attached hydrogens (primary N) is 1. The molecule has 4 N–H and O–H groups in total. The van der Waals surface area contributed by atoms with Crippen molar-refractivity contribution in [1.29, 1.82) is 0 Å². The van der Waals surface area contributed by atoms with Crippen molar-refractivity contribution in [3.8, 4) is 11.5 Å². The molecule has 0 radical (unpaired) electrons. The number of hydrogen-bond acceptors (Lipinski definition) is 5. The average molecular weight is 254 g/mol. The third kappa shape index (κ3) is 4.52. The highest BCUT2D eigenvalue weighted by molar-refractivity contribution is 5.40. The molecular formula is C13H22N2O3. The second-order valence-corrected chi connectivity index (χ2v) is 4.07. The van der Waals surface area contributed by atoms with Crippen LogP contribution in [-0.4, -0.2) is 45.1 Å². The number of aliphatic hydroxyl groups is 1. The summed E-state index contributed by atoms with van der Waals surface area (Å²) >= 11 is 0. The first kappa shape index (κ1) is 14.8. The molecule has 1 atom stereocenters. The molecular weight excluding hydrogens is 232 g/mol. The molecule has 0 aromatic heterocycles. The van der Waals surface area contributed by atoms with Crippen LogP contribution in [0, 0.1) is 0 Å². The molecule has 1 aromatic carbocycles. The number of methoxy groups -OCH3 is 2. The van der Waals surface area contributed by atoms with Gasteiger partial charge in [-0.05, 0) is 24.6 Å². The molecule has 0 saturated carbocycles. The van der Waals surface area contributed by atoms with E-state index in [-0.39, 0.29) is 12.6 Å². The van der Waals surface area contributed by atoms with Crippen LogP contribution in [-0.2, 0) is 6.42 Å². The lowest BCUT2D eigenvalue weighted by Crippen LogP contribution is -2.37. The van der Waals surface area contributed by atoms with Gasteiger partial charge in [-0.25, -0.2) is 0 Å². The number of hydrogen-bond donors (Lipinski definition) is 3. The Balaban J connectivity index is 2.46. The predicted octanol–water partition coefficient (Wildman–Crippen LogP) is 0.156. The molecule has 0 aliphatic rings. The zero-order chi connectivity index (χ0) is 13.4. The van der Waals surface area contributed by atoms with Crippen LogP contribution in [0.1, 0.15) is 5.56 Å². The third-order valence-corrected chi connectivity index (χ3v) is 2.71. The number of ether oxygens (including phenoxy) is 2. The molecule has 1 rings (SSSR count). The Morgan fingerprint density at radius 3 is 2.72 bits per heavy atom. The first-order valence-corrected chi connectivity index (χ1v) is 5.99. The van der Waals surface area contributed by atoms with E-state index in [1.165, 1.54) is 0 Å². The monoisotopic (exact) mass is 254 g/mol. The fourth-order valence-corrected chi connectivity index (χ4v) is 1.63. The molecule has 0 aliphatic carbocycles. The lowest BCUT2D eigenvalue weighted by Gasteiger charge is -2.12. The lowest BCUT2D eigenvalue weighted by atomic mass is 10.1. The maximum Gasteiger partial charge on any atom is 0.125 e. The Morgan fingerprint density at radius 2 is 2.11 bits per heavy atom. The largest absolute Gasteiger partial charge is 0.497 e. The fourth-order valence-electron chi connectivity index (χ4n) is 1.63. The van der Waals surface area contributed by atoms with Crippen LogP contribution < -0.4 is 20.5 Å². The molecule has 102 valence electrons. The number of benzene rings is 1. The molecule has 18 heavy (non-hydrogen) atoms. The quantitative estimate of drug-likeness (QED) is 0.576. The Morgan fingerprint density at radius 1 is 1.33 bits per heavy atom. The van der Waals surface area contributed by atoms with Gasteiger partial charge in [0.1, 0.15) is 11.5 Å². The van der Waals surface area contributed by atoms with E-state index in [9.17, 15) is 0 Å². The first-order valence-electron chi connectivity index (χ1n) is 5.99. The molecule has 5 nitrogen and oxygen atoms in total. The maximum atomic E-state index is 8.79. The molecule has 0 bridgehead atoms. The van der Waals surface area contributed by atoms with Crippen molar-refractivity contribution in [2.24, 2.45) is 5.73 Å². The highest BCUT2D eigenvalue weighted by atomic mass is 16.5. The summed E-state index contributed by atoms with van der Waals surface area (Å²) in [5.74, 6) is 1.61. The van der Waals surface area contributed by atoms with E-state index in [2.05, 4.69) is 5.32 Å². The van der Waals surface area contributed by atoms with Gasteiger partial charge in [-0.1, -0.05) is 6.07 Å². The standard InChI is InChI=1S/C13H22N2O3/c1-17-12-4-3-10(13(7-12)18-2)5-6-15-8-11(14)9-16/h3-4,7,11,15-16H,5-6,8-9,14H2,1-2H3. The van der Waals surface area contributed by atoms with E-state index < -0.39 is 0 Å². The second kappa shape index (κ2) is 7.92. The van der Waals surface area contributed by atoms with Crippen molar-refractivity contribution in [2.45, 2.75) is 12.5 Å². The highest BCUT2D eigenvalue weighted by Gasteiger charge is 2.05. The Hall–Kier alpha value is -1.30. The van der Waals surface area contributed by atoms with Gasteiger partial charge in [-0.15, -0.1) is 0 Å². The summed E-state index contributed by atoms with van der Waals surface area (Å²) in [6.07, 6.45) is 0.839. The SMILES string of the molecule is COc1ccc(CCNCC(N)CO)c(OC)c1. The van der Waals surface area contributed by atoms with Crippen LogP contribution in [0.25, 0.3) is 0 Å². The van der Waals surface area contributed by atoms with E-state index in [4.69, 9.17) is 20.3 Å². The molecule has 0 aliphatic heterocycles.